The van der Waals surface area contributed by atoms with E-state index >= 15 is 0 Å². The molecule has 0 bridgehead atoms. The number of carbonyl (C=O) groups is 2. The summed E-state index contributed by atoms with van der Waals surface area (Å²) in [5.41, 5.74) is 2.08. The Kier molecular flexibility index (Phi) is 4.40. The number of halogens is 1. The van der Waals surface area contributed by atoms with Gasteiger partial charge in [0.2, 0.25) is 0 Å². The molecule has 24 heavy (non-hydrogen) atoms. The molecular weight excluding hydrogens is 374 g/mol. The number of methoxy groups -OCH3 is 1. The second-order valence-corrected chi connectivity index (χ2v) is 6.15. The van der Waals surface area contributed by atoms with Crippen LogP contribution in [0.5, 0.6) is 0 Å². The van der Waals surface area contributed by atoms with Crippen LogP contribution >= 0.6 is 15.9 Å². The van der Waals surface area contributed by atoms with Crippen LogP contribution in [0.1, 0.15) is 26.5 Å². The molecule has 0 fully saturated rings. The molecule has 0 spiro atoms. The van der Waals surface area contributed by atoms with Crippen molar-refractivity contribution in [3.63, 3.8) is 0 Å². The minimum Gasteiger partial charge on any atom is -0.465 e. The van der Waals surface area contributed by atoms with Crippen molar-refractivity contribution >= 4 is 44.5 Å². The summed E-state index contributed by atoms with van der Waals surface area (Å²) < 4.78 is 11.2. The number of amides is 1. The summed E-state index contributed by atoms with van der Waals surface area (Å²) in [6, 6.07) is 12.3. The lowest BCUT2D eigenvalue weighted by Gasteiger charge is -2.11. The second kappa shape index (κ2) is 6.49. The highest BCUT2D eigenvalue weighted by molar-refractivity contribution is 9.10. The zero-order valence-corrected chi connectivity index (χ0v) is 14.6. The molecule has 0 radical (unpaired) electrons. The Morgan fingerprint density at radius 3 is 2.71 bits per heavy atom. The van der Waals surface area contributed by atoms with Crippen LogP contribution in [0.15, 0.2) is 51.4 Å². The third kappa shape index (κ3) is 3.05. The molecule has 0 aliphatic heterocycles. The molecule has 3 aromatic rings. The van der Waals surface area contributed by atoms with Crippen LogP contribution in [0.3, 0.4) is 0 Å². The number of para-hydroxylation sites is 1. The molecule has 0 saturated heterocycles. The van der Waals surface area contributed by atoms with E-state index in [-0.39, 0.29) is 5.76 Å². The van der Waals surface area contributed by atoms with Gasteiger partial charge in [-0.1, -0.05) is 28.1 Å². The topological polar surface area (TPSA) is 68.5 Å². The molecule has 1 amide bonds. The highest BCUT2D eigenvalue weighted by atomic mass is 79.9. The number of carbonyl (C=O) groups excluding carboxylic acids is 2. The summed E-state index contributed by atoms with van der Waals surface area (Å²) in [7, 11) is 1.30. The van der Waals surface area contributed by atoms with Gasteiger partial charge < -0.3 is 14.5 Å². The molecule has 122 valence electrons. The minimum absolute atomic E-state index is 0.169. The number of furan rings is 1. The maximum Gasteiger partial charge on any atom is 0.339 e. The van der Waals surface area contributed by atoms with Crippen LogP contribution in [0.25, 0.3) is 11.0 Å². The fourth-order valence-corrected chi connectivity index (χ4v) is 2.79. The molecule has 2 aromatic carbocycles. The predicted octanol–water partition coefficient (Wildman–Crippen LogP) is 4.54. The van der Waals surface area contributed by atoms with E-state index in [0.29, 0.717) is 16.8 Å². The Balaban J connectivity index is 1.95. The number of fused-ring (bicyclic) bond motifs is 1. The van der Waals surface area contributed by atoms with Gasteiger partial charge in [0.25, 0.3) is 5.91 Å². The van der Waals surface area contributed by atoms with Crippen LogP contribution in [-0.2, 0) is 4.74 Å². The molecule has 1 N–H and O–H groups in total. The summed E-state index contributed by atoms with van der Waals surface area (Å²) in [6.45, 7) is 1.80. The standard InChI is InChI=1S/C18H14BrNO4/c1-10-4-3-5-13(18(22)23-2)16(10)20-17(21)15-9-11-8-12(19)6-7-14(11)24-15/h3-9H,1-2H3,(H,20,21). The van der Waals surface area contributed by atoms with E-state index < -0.39 is 11.9 Å². The number of hydrogen-bond acceptors (Lipinski definition) is 4. The number of aryl methyl sites for hydroxylation is 1. The van der Waals surface area contributed by atoms with Crippen LogP contribution in [0, 0.1) is 6.92 Å². The van der Waals surface area contributed by atoms with Gasteiger partial charge in [-0.25, -0.2) is 4.79 Å². The number of rotatable bonds is 3. The van der Waals surface area contributed by atoms with Gasteiger partial charge >= 0.3 is 5.97 Å². The first kappa shape index (κ1) is 16.3. The molecule has 1 aromatic heterocycles. The molecule has 0 atom stereocenters. The lowest BCUT2D eigenvalue weighted by Crippen LogP contribution is -2.16. The number of benzene rings is 2. The summed E-state index contributed by atoms with van der Waals surface area (Å²) in [6.07, 6.45) is 0. The van der Waals surface area contributed by atoms with Crippen molar-refractivity contribution < 1.29 is 18.7 Å². The first-order valence-electron chi connectivity index (χ1n) is 7.18. The summed E-state index contributed by atoms with van der Waals surface area (Å²) in [5.74, 6) is -0.772. The summed E-state index contributed by atoms with van der Waals surface area (Å²) in [4.78, 5) is 24.4. The normalized spacial score (nSPS) is 10.6. The van der Waals surface area contributed by atoms with Crippen LogP contribution in [0.4, 0.5) is 5.69 Å². The fraction of sp³-hybridized carbons (Fsp3) is 0.111. The molecule has 5 nitrogen and oxygen atoms in total. The molecule has 0 aliphatic rings. The lowest BCUT2D eigenvalue weighted by atomic mass is 10.1. The van der Waals surface area contributed by atoms with E-state index in [0.717, 1.165) is 15.4 Å². The maximum atomic E-state index is 12.5. The summed E-state index contributed by atoms with van der Waals surface area (Å²) >= 11 is 3.38. The molecule has 6 heteroatoms. The Hall–Kier alpha value is -2.60. The van der Waals surface area contributed by atoms with Crippen molar-refractivity contribution in [3.8, 4) is 0 Å². The smallest absolute Gasteiger partial charge is 0.339 e. The highest BCUT2D eigenvalue weighted by Gasteiger charge is 2.19. The van der Waals surface area contributed by atoms with Gasteiger partial charge in [0.05, 0.1) is 18.4 Å². The Bertz CT molecular complexity index is 945. The Morgan fingerprint density at radius 1 is 1.17 bits per heavy atom. The molecule has 0 aliphatic carbocycles. The third-order valence-corrected chi connectivity index (χ3v) is 4.11. The molecule has 3 rings (SSSR count). The monoisotopic (exact) mass is 387 g/mol. The highest BCUT2D eigenvalue weighted by Crippen LogP contribution is 2.26. The van der Waals surface area contributed by atoms with E-state index in [4.69, 9.17) is 9.15 Å². The average molecular weight is 388 g/mol. The van der Waals surface area contributed by atoms with Crippen molar-refractivity contribution in [2.45, 2.75) is 6.92 Å². The van der Waals surface area contributed by atoms with Crippen molar-refractivity contribution in [2.24, 2.45) is 0 Å². The first-order valence-corrected chi connectivity index (χ1v) is 7.97. The van der Waals surface area contributed by atoms with Gasteiger partial charge in [0.15, 0.2) is 5.76 Å². The molecular formula is C18H14BrNO4. The average Bonchev–Trinajstić information content (AvgIpc) is 2.99. The lowest BCUT2D eigenvalue weighted by molar-refractivity contribution is 0.0602. The molecule has 1 heterocycles. The van der Waals surface area contributed by atoms with E-state index in [1.807, 2.05) is 12.1 Å². The van der Waals surface area contributed by atoms with Crippen molar-refractivity contribution in [2.75, 3.05) is 12.4 Å². The minimum atomic E-state index is -0.512. The number of ether oxygens (including phenoxy) is 1. The summed E-state index contributed by atoms with van der Waals surface area (Å²) in [5, 5.41) is 3.55. The third-order valence-electron chi connectivity index (χ3n) is 3.62. The number of esters is 1. The van der Waals surface area contributed by atoms with Gasteiger partial charge in [0.1, 0.15) is 5.58 Å². The van der Waals surface area contributed by atoms with E-state index in [1.54, 1.807) is 37.3 Å². The SMILES string of the molecule is COC(=O)c1cccc(C)c1NC(=O)c1cc2cc(Br)ccc2o1. The van der Waals surface area contributed by atoms with Crippen molar-refractivity contribution in [1.82, 2.24) is 0 Å². The van der Waals surface area contributed by atoms with Crippen molar-refractivity contribution in [1.29, 1.82) is 0 Å². The van der Waals surface area contributed by atoms with E-state index in [9.17, 15) is 9.59 Å². The number of hydrogen-bond donors (Lipinski definition) is 1. The number of anilines is 1. The van der Waals surface area contributed by atoms with Crippen LogP contribution in [-0.4, -0.2) is 19.0 Å². The number of nitrogens with one attached hydrogen (secondary N) is 1. The largest absolute Gasteiger partial charge is 0.465 e. The predicted molar refractivity (Wildman–Crippen MR) is 94.4 cm³/mol. The van der Waals surface area contributed by atoms with E-state index in [1.165, 1.54) is 7.11 Å². The van der Waals surface area contributed by atoms with Crippen molar-refractivity contribution in [3.05, 3.63) is 63.8 Å². The first-order chi connectivity index (χ1) is 11.5. The van der Waals surface area contributed by atoms with Gasteiger partial charge in [-0.05, 0) is 42.8 Å². The molecule has 0 saturated carbocycles. The maximum absolute atomic E-state index is 12.5. The Labute approximate surface area is 146 Å². The zero-order chi connectivity index (χ0) is 17.3. The Morgan fingerprint density at radius 2 is 1.96 bits per heavy atom. The second-order valence-electron chi connectivity index (χ2n) is 5.24. The van der Waals surface area contributed by atoms with Gasteiger partial charge in [-0.3, -0.25) is 4.79 Å². The van der Waals surface area contributed by atoms with Crippen LogP contribution < -0.4 is 5.32 Å². The fourth-order valence-electron chi connectivity index (χ4n) is 2.41. The van der Waals surface area contributed by atoms with Gasteiger partial charge in [-0.2, -0.15) is 0 Å². The van der Waals surface area contributed by atoms with E-state index in [2.05, 4.69) is 21.2 Å². The van der Waals surface area contributed by atoms with Crippen LogP contribution in [0.2, 0.25) is 0 Å². The zero-order valence-electron chi connectivity index (χ0n) is 13.1. The van der Waals surface area contributed by atoms with Gasteiger partial charge in [0, 0.05) is 9.86 Å². The van der Waals surface area contributed by atoms with Gasteiger partial charge in [-0.15, -0.1) is 0 Å². The molecule has 0 unspecified atom stereocenters. The quantitative estimate of drug-likeness (QED) is 0.669.